The maximum absolute atomic E-state index is 9.89. The lowest BCUT2D eigenvalue weighted by Gasteiger charge is -2.13. The molecule has 0 aliphatic carbocycles. The SMILES string of the molecule is Oc1ccccc1-n1cncc1C1CCNC1. The van der Waals surface area contributed by atoms with E-state index in [0.717, 1.165) is 30.9 Å². The minimum atomic E-state index is 0.290. The first kappa shape index (κ1) is 10.4. The third-order valence-corrected chi connectivity index (χ3v) is 3.29. The Morgan fingerprint density at radius 1 is 1.35 bits per heavy atom. The Bertz CT molecular complexity index is 515. The van der Waals surface area contributed by atoms with Crippen LogP contribution in [0.25, 0.3) is 5.69 Å². The Kier molecular flexibility index (Phi) is 2.57. The maximum atomic E-state index is 9.89. The molecular weight excluding hydrogens is 214 g/mol. The normalized spacial score (nSPS) is 19.6. The number of aromatic hydroxyl groups is 1. The second-order valence-electron chi connectivity index (χ2n) is 4.37. The van der Waals surface area contributed by atoms with Crippen molar-refractivity contribution in [2.75, 3.05) is 13.1 Å². The van der Waals surface area contributed by atoms with Gasteiger partial charge in [-0.1, -0.05) is 12.1 Å². The summed E-state index contributed by atoms with van der Waals surface area (Å²) in [5.41, 5.74) is 1.96. The highest BCUT2D eigenvalue weighted by Gasteiger charge is 2.21. The van der Waals surface area contributed by atoms with Crippen molar-refractivity contribution in [1.29, 1.82) is 0 Å². The van der Waals surface area contributed by atoms with Crippen LogP contribution < -0.4 is 5.32 Å². The van der Waals surface area contributed by atoms with E-state index in [4.69, 9.17) is 0 Å². The third-order valence-electron chi connectivity index (χ3n) is 3.29. The molecule has 17 heavy (non-hydrogen) atoms. The number of phenolic OH excluding ortho intramolecular Hbond substituents is 1. The molecule has 0 spiro atoms. The second kappa shape index (κ2) is 4.22. The zero-order valence-corrected chi connectivity index (χ0v) is 9.50. The first-order valence-corrected chi connectivity index (χ1v) is 5.87. The van der Waals surface area contributed by atoms with Crippen LogP contribution in [0.15, 0.2) is 36.8 Å². The molecule has 4 heteroatoms. The summed E-state index contributed by atoms with van der Waals surface area (Å²) in [4.78, 5) is 4.21. The quantitative estimate of drug-likeness (QED) is 0.823. The van der Waals surface area contributed by atoms with Crippen LogP contribution in [0.5, 0.6) is 5.75 Å². The number of para-hydroxylation sites is 2. The molecule has 0 saturated carbocycles. The number of hydrogen-bond acceptors (Lipinski definition) is 3. The molecule has 0 radical (unpaired) electrons. The molecule has 1 aliphatic heterocycles. The molecule has 2 N–H and O–H groups in total. The molecule has 1 fully saturated rings. The van der Waals surface area contributed by atoms with Gasteiger partial charge in [-0.3, -0.25) is 4.57 Å². The Morgan fingerprint density at radius 3 is 3.00 bits per heavy atom. The van der Waals surface area contributed by atoms with Gasteiger partial charge in [-0.2, -0.15) is 0 Å². The highest BCUT2D eigenvalue weighted by atomic mass is 16.3. The Morgan fingerprint density at radius 2 is 2.24 bits per heavy atom. The highest BCUT2D eigenvalue weighted by molar-refractivity contribution is 5.46. The molecule has 0 bridgehead atoms. The van der Waals surface area contributed by atoms with E-state index in [-0.39, 0.29) is 5.75 Å². The summed E-state index contributed by atoms with van der Waals surface area (Å²) in [6.45, 7) is 2.04. The van der Waals surface area contributed by atoms with E-state index < -0.39 is 0 Å². The lowest BCUT2D eigenvalue weighted by Crippen LogP contribution is -2.10. The van der Waals surface area contributed by atoms with Crippen LogP contribution in [0, 0.1) is 0 Å². The molecule has 1 aromatic carbocycles. The van der Waals surface area contributed by atoms with Gasteiger partial charge < -0.3 is 10.4 Å². The van der Waals surface area contributed by atoms with E-state index >= 15 is 0 Å². The Balaban J connectivity index is 2.04. The summed E-state index contributed by atoms with van der Waals surface area (Å²) < 4.78 is 1.98. The summed E-state index contributed by atoms with van der Waals surface area (Å²) in [5.74, 6) is 0.773. The predicted molar refractivity (Wildman–Crippen MR) is 65.5 cm³/mol. The predicted octanol–water partition coefficient (Wildman–Crippen LogP) is 1.65. The summed E-state index contributed by atoms with van der Waals surface area (Å²) in [7, 11) is 0. The van der Waals surface area contributed by atoms with Gasteiger partial charge in [-0.25, -0.2) is 4.98 Å². The van der Waals surface area contributed by atoms with E-state index in [1.54, 1.807) is 12.4 Å². The van der Waals surface area contributed by atoms with Crippen LogP contribution in [0.2, 0.25) is 0 Å². The molecular formula is C13H15N3O. The van der Waals surface area contributed by atoms with Crippen molar-refractivity contribution in [2.45, 2.75) is 12.3 Å². The van der Waals surface area contributed by atoms with E-state index in [1.807, 2.05) is 29.0 Å². The van der Waals surface area contributed by atoms with Gasteiger partial charge in [-0.05, 0) is 25.1 Å². The minimum absolute atomic E-state index is 0.290. The van der Waals surface area contributed by atoms with Gasteiger partial charge in [0.25, 0.3) is 0 Å². The largest absolute Gasteiger partial charge is 0.506 e. The van der Waals surface area contributed by atoms with E-state index in [1.165, 1.54) is 0 Å². The van der Waals surface area contributed by atoms with Gasteiger partial charge in [0.2, 0.25) is 0 Å². The van der Waals surface area contributed by atoms with E-state index in [0.29, 0.717) is 5.92 Å². The number of imidazole rings is 1. The third kappa shape index (κ3) is 1.80. The molecule has 1 aromatic heterocycles. The zero-order valence-electron chi connectivity index (χ0n) is 9.50. The molecule has 1 atom stereocenters. The number of rotatable bonds is 2. The average molecular weight is 229 g/mol. The molecule has 3 rings (SSSR count). The van der Waals surface area contributed by atoms with Crippen LogP contribution in [-0.4, -0.2) is 27.7 Å². The summed E-state index contributed by atoms with van der Waals surface area (Å²) >= 11 is 0. The average Bonchev–Trinajstić information content (AvgIpc) is 3.00. The number of hydrogen-bond donors (Lipinski definition) is 2. The zero-order chi connectivity index (χ0) is 11.7. The molecule has 1 aliphatic rings. The Labute approximate surface area is 99.9 Å². The maximum Gasteiger partial charge on any atom is 0.139 e. The van der Waals surface area contributed by atoms with Gasteiger partial charge in [0.05, 0.1) is 12.0 Å². The molecule has 1 unspecified atom stereocenters. The van der Waals surface area contributed by atoms with Gasteiger partial charge in [0, 0.05) is 24.4 Å². The molecule has 88 valence electrons. The van der Waals surface area contributed by atoms with Crippen molar-refractivity contribution < 1.29 is 5.11 Å². The summed E-state index contributed by atoms with van der Waals surface area (Å²) in [6, 6.07) is 7.35. The van der Waals surface area contributed by atoms with Crippen molar-refractivity contribution in [3.63, 3.8) is 0 Å². The van der Waals surface area contributed by atoms with Gasteiger partial charge in [0.1, 0.15) is 5.75 Å². The number of aromatic nitrogens is 2. The van der Waals surface area contributed by atoms with E-state index in [2.05, 4.69) is 10.3 Å². The Hall–Kier alpha value is -1.81. The van der Waals surface area contributed by atoms with Crippen LogP contribution >= 0.6 is 0 Å². The number of phenols is 1. The summed E-state index contributed by atoms with van der Waals surface area (Å²) in [5, 5.41) is 13.2. The molecule has 2 aromatic rings. The smallest absolute Gasteiger partial charge is 0.139 e. The fourth-order valence-corrected chi connectivity index (χ4v) is 2.38. The fourth-order valence-electron chi connectivity index (χ4n) is 2.38. The lowest BCUT2D eigenvalue weighted by molar-refractivity contribution is 0.471. The van der Waals surface area contributed by atoms with Gasteiger partial charge in [0.15, 0.2) is 0 Å². The lowest BCUT2D eigenvalue weighted by atomic mass is 10.1. The van der Waals surface area contributed by atoms with Gasteiger partial charge >= 0.3 is 0 Å². The van der Waals surface area contributed by atoms with Crippen molar-refractivity contribution in [1.82, 2.24) is 14.9 Å². The molecule has 0 amide bonds. The van der Waals surface area contributed by atoms with Crippen molar-refractivity contribution >= 4 is 0 Å². The number of nitrogens with one attached hydrogen (secondary N) is 1. The molecule has 2 heterocycles. The number of benzene rings is 1. The highest BCUT2D eigenvalue weighted by Crippen LogP contribution is 2.28. The first-order chi connectivity index (χ1) is 8.36. The van der Waals surface area contributed by atoms with Gasteiger partial charge in [-0.15, -0.1) is 0 Å². The first-order valence-electron chi connectivity index (χ1n) is 5.87. The van der Waals surface area contributed by atoms with Crippen molar-refractivity contribution in [2.24, 2.45) is 0 Å². The minimum Gasteiger partial charge on any atom is -0.506 e. The second-order valence-corrected chi connectivity index (χ2v) is 4.37. The van der Waals surface area contributed by atoms with Crippen LogP contribution in [0.1, 0.15) is 18.0 Å². The topological polar surface area (TPSA) is 50.1 Å². The number of nitrogens with zero attached hydrogens (tertiary/aromatic N) is 2. The molecule has 4 nitrogen and oxygen atoms in total. The van der Waals surface area contributed by atoms with Crippen molar-refractivity contribution in [3.8, 4) is 11.4 Å². The van der Waals surface area contributed by atoms with Crippen LogP contribution in [0.3, 0.4) is 0 Å². The van der Waals surface area contributed by atoms with Crippen LogP contribution in [-0.2, 0) is 0 Å². The van der Waals surface area contributed by atoms with Crippen molar-refractivity contribution in [3.05, 3.63) is 42.5 Å². The molecule has 1 saturated heterocycles. The monoisotopic (exact) mass is 229 g/mol. The van der Waals surface area contributed by atoms with Crippen LogP contribution in [0.4, 0.5) is 0 Å². The standard InChI is InChI=1S/C13H15N3O/c17-13-4-2-1-3-11(13)16-9-15-8-12(16)10-5-6-14-7-10/h1-4,8-10,14,17H,5-7H2. The summed E-state index contributed by atoms with van der Waals surface area (Å²) in [6.07, 6.45) is 4.78. The fraction of sp³-hybridized carbons (Fsp3) is 0.308. The van der Waals surface area contributed by atoms with E-state index in [9.17, 15) is 5.11 Å².